The van der Waals surface area contributed by atoms with E-state index in [4.69, 9.17) is 5.26 Å². The summed E-state index contributed by atoms with van der Waals surface area (Å²) in [6.45, 7) is 4.48. The van der Waals surface area contributed by atoms with Crippen LogP contribution in [-0.2, 0) is 0 Å². The molecule has 0 aliphatic carbocycles. The van der Waals surface area contributed by atoms with Gasteiger partial charge in [-0.25, -0.2) is 4.98 Å². The second-order valence-electron chi connectivity index (χ2n) is 6.44. The first-order valence-electron chi connectivity index (χ1n) is 7.99. The molecule has 3 aliphatic heterocycles. The molecule has 118 valence electrons. The number of piperidine rings is 3. The van der Waals surface area contributed by atoms with Crippen LogP contribution in [0.3, 0.4) is 0 Å². The SMILES string of the molecule is CC1C(NC(=O)c2cc3c(C#N)csc3cn2)C2CCN1CC2. The van der Waals surface area contributed by atoms with Crippen molar-refractivity contribution in [2.75, 3.05) is 13.1 Å². The molecule has 0 radical (unpaired) electrons. The van der Waals surface area contributed by atoms with Gasteiger partial charge in [0.05, 0.1) is 10.3 Å². The number of hydrogen-bond donors (Lipinski definition) is 1. The van der Waals surface area contributed by atoms with E-state index < -0.39 is 0 Å². The summed E-state index contributed by atoms with van der Waals surface area (Å²) in [7, 11) is 0. The Kier molecular flexibility index (Phi) is 3.55. The van der Waals surface area contributed by atoms with Crippen LogP contribution < -0.4 is 5.32 Å². The maximum atomic E-state index is 12.6. The quantitative estimate of drug-likeness (QED) is 0.920. The van der Waals surface area contributed by atoms with Crippen LogP contribution >= 0.6 is 11.3 Å². The van der Waals surface area contributed by atoms with E-state index >= 15 is 0 Å². The number of amides is 1. The van der Waals surface area contributed by atoms with Gasteiger partial charge in [0.2, 0.25) is 0 Å². The fourth-order valence-electron chi connectivity index (χ4n) is 3.91. The van der Waals surface area contributed by atoms with Crippen LogP contribution in [-0.4, -0.2) is 41.0 Å². The van der Waals surface area contributed by atoms with Gasteiger partial charge in [0.1, 0.15) is 11.8 Å². The van der Waals surface area contributed by atoms with Gasteiger partial charge in [0.25, 0.3) is 5.91 Å². The van der Waals surface area contributed by atoms with Crippen LogP contribution in [0.25, 0.3) is 10.1 Å². The van der Waals surface area contributed by atoms with Gasteiger partial charge in [-0.3, -0.25) is 9.69 Å². The predicted octanol–water partition coefficient (Wildman–Crippen LogP) is 2.38. The second kappa shape index (κ2) is 5.59. The molecule has 2 bridgehead atoms. The average molecular weight is 326 g/mol. The minimum Gasteiger partial charge on any atom is -0.346 e. The fourth-order valence-corrected chi connectivity index (χ4v) is 4.75. The molecule has 2 atom stereocenters. The molecule has 23 heavy (non-hydrogen) atoms. The number of pyridine rings is 1. The number of aromatic nitrogens is 1. The monoisotopic (exact) mass is 326 g/mol. The number of nitriles is 1. The molecule has 6 heteroatoms. The highest BCUT2D eigenvalue weighted by Gasteiger charge is 2.40. The standard InChI is InChI=1S/C17H18N4OS/c1-10-16(11-2-4-21(10)5-3-11)20-17(22)14-6-13-12(7-18)9-23-15(13)8-19-14/h6,8-11,16H,2-5H2,1H3,(H,20,22). The lowest BCUT2D eigenvalue weighted by atomic mass is 9.79. The van der Waals surface area contributed by atoms with Gasteiger partial charge in [-0.15, -0.1) is 11.3 Å². The summed E-state index contributed by atoms with van der Waals surface area (Å²) in [5.74, 6) is 0.436. The zero-order valence-electron chi connectivity index (χ0n) is 13.0. The summed E-state index contributed by atoms with van der Waals surface area (Å²) in [6, 6.07) is 4.49. The Labute approximate surface area is 138 Å². The minimum atomic E-state index is -0.132. The molecular formula is C17H18N4OS. The topological polar surface area (TPSA) is 69.0 Å². The van der Waals surface area contributed by atoms with Gasteiger partial charge >= 0.3 is 0 Å². The van der Waals surface area contributed by atoms with Crippen LogP contribution in [0.2, 0.25) is 0 Å². The lowest BCUT2D eigenvalue weighted by Gasteiger charge is -2.49. The molecule has 1 N–H and O–H groups in total. The van der Waals surface area contributed by atoms with Gasteiger partial charge in [-0.05, 0) is 44.8 Å². The molecule has 2 aromatic rings. The number of hydrogen-bond acceptors (Lipinski definition) is 5. The molecule has 0 saturated carbocycles. The van der Waals surface area contributed by atoms with E-state index in [0.717, 1.165) is 36.0 Å². The van der Waals surface area contributed by atoms with E-state index in [9.17, 15) is 4.79 Å². The highest BCUT2D eigenvalue weighted by Crippen LogP contribution is 2.32. The Bertz CT molecular complexity index is 799. The Balaban J connectivity index is 1.58. The van der Waals surface area contributed by atoms with Crippen molar-refractivity contribution >= 4 is 27.3 Å². The average Bonchev–Trinajstić information content (AvgIpc) is 3.00. The highest BCUT2D eigenvalue weighted by atomic mass is 32.1. The number of nitrogens with zero attached hydrogens (tertiary/aromatic N) is 3. The van der Waals surface area contributed by atoms with Gasteiger partial charge in [0.15, 0.2) is 0 Å². The first-order chi connectivity index (χ1) is 11.2. The third-order valence-electron chi connectivity index (χ3n) is 5.29. The van der Waals surface area contributed by atoms with E-state index in [2.05, 4.69) is 28.2 Å². The lowest BCUT2D eigenvalue weighted by molar-refractivity contribution is 0.0216. The van der Waals surface area contributed by atoms with Crippen LogP contribution in [0.1, 0.15) is 35.8 Å². The predicted molar refractivity (Wildman–Crippen MR) is 89.3 cm³/mol. The molecule has 5 heterocycles. The van der Waals surface area contributed by atoms with E-state index in [0.29, 0.717) is 23.2 Å². The van der Waals surface area contributed by atoms with Crippen molar-refractivity contribution in [3.63, 3.8) is 0 Å². The Hall–Kier alpha value is -1.97. The Morgan fingerprint density at radius 2 is 2.26 bits per heavy atom. The number of nitrogens with one attached hydrogen (secondary N) is 1. The van der Waals surface area contributed by atoms with Crippen molar-refractivity contribution in [3.05, 3.63) is 28.9 Å². The van der Waals surface area contributed by atoms with Gasteiger partial charge in [-0.1, -0.05) is 0 Å². The van der Waals surface area contributed by atoms with Crippen LogP contribution in [0.5, 0.6) is 0 Å². The van der Waals surface area contributed by atoms with E-state index in [1.54, 1.807) is 12.3 Å². The fraction of sp³-hybridized carbons (Fsp3) is 0.471. The molecule has 0 aromatic carbocycles. The zero-order chi connectivity index (χ0) is 16.0. The summed E-state index contributed by atoms with van der Waals surface area (Å²) in [4.78, 5) is 19.4. The maximum Gasteiger partial charge on any atom is 0.270 e. The maximum absolute atomic E-state index is 12.6. The van der Waals surface area contributed by atoms with Gasteiger partial charge in [0, 0.05) is 29.0 Å². The summed E-state index contributed by atoms with van der Waals surface area (Å²) < 4.78 is 0.939. The van der Waals surface area contributed by atoms with Crippen molar-refractivity contribution in [2.45, 2.75) is 31.8 Å². The second-order valence-corrected chi connectivity index (χ2v) is 7.35. The van der Waals surface area contributed by atoms with Crippen LogP contribution in [0, 0.1) is 17.2 Å². The minimum absolute atomic E-state index is 0.132. The summed E-state index contributed by atoms with van der Waals surface area (Å²) in [6.07, 6.45) is 4.01. The molecule has 3 fully saturated rings. The first-order valence-corrected chi connectivity index (χ1v) is 8.87. The third kappa shape index (κ3) is 2.41. The Morgan fingerprint density at radius 1 is 1.48 bits per heavy atom. The molecule has 1 amide bonds. The van der Waals surface area contributed by atoms with E-state index in [1.807, 2.05) is 5.38 Å². The van der Waals surface area contributed by atoms with Gasteiger partial charge < -0.3 is 5.32 Å². The molecular weight excluding hydrogens is 308 g/mol. The zero-order valence-corrected chi connectivity index (χ0v) is 13.8. The van der Waals surface area contributed by atoms with E-state index in [-0.39, 0.29) is 11.9 Å². The van der Waals surface area contributed by atoms with Crippen molar-refractivity contribution in [3.8, 4) is 6.07 Å². The molecule has 5 nitrogen and oxygen atoms in total. The summed E-state index contributed by atoms with van der Waals surface area (Å²) >= 11 is 1.48. The van der Waals surface area contributed by atoms with Crippen molar-refractivity contribution in [2.24, 2.45) is 5.92 Å². The molecule has 2 aromatic heterocycles. The highest BCUT2D eigenvalue weighted by molar-refractivity contribution is 7.17. The molecule has 0 spiro atoms. The van der Waals surface area contributed by atoms with Crippen molar-refractivity contribution < 1.29 is 4.79 Å². The normalized spacial score (nSPS) is 29.4. The van der Waals surface area contributed by atoms with Crippen LogP contribution in [0.4, 0.5) is 0 Å². The third-order valence-corrected chi connectivity index (χ3v) is 6.22. The molecule has 2 unspecified atom stereocenters. The largest absolute Gasteiger partial charge is 0.346 e. The van der Waals surface area contributed by atoms with E-state index in [1.165, 1.54) is 11.3 Å². The molecule has 5 rings (SSSR count). The van der Waals surface area contributed by atoms with Gasteiger partial charge in [-0.2, -0.15) is 5.26 Å². The number of carbonyl (C=O) groups excluding carboxylic acids is 1. The first kappa shape index (κ1) is 14.6. The summed E-state index contributed by atoms with van der Waals surface area (Å²) in [5, 5.41) is 15.0. The molecule has 3 saturated heterocycles. The van der Waals surface area contributed by atoms with Crippen LogP contribution in [0.15, 0.2) is 17.6 Å². The summed E-state index contributed by atoms with van der Waals surface area (Å²) in [5.41, 5.74) is 1.01. The number of rotatable bonds is 2. The molecule has 3 aliphatic rings. The number of carbonyl (C=O) groups is 1. The Morgan fingerprint density at radius 3 is 2.96 bits per heavy atom. The lowest BCUT2D eigenvalue weighted by Crippen LogP contribution is -2.62. The number of fused-ring (bicyclic) bond motifs is 4. The smallest absolute Gasteiger partial charge is 0.270 e. The van der Waals surface area contributed by atoms with Crippen molar-refractivity contribution in [1.29, 1.82) is 5.26 Å². The number of thiophene rings is 1. The van der Waals surface area contributed by atoms with Crippen molar-refractivity contribution in [1.82, 2.24) is 15.2 Å².